The molecule has 13 heteroatoms. The highest BCUT2D eigenvalue weighted by atomic mass is 19.4. The van der Waals surface area contributed by atoms with Crippen molar-refractivity contribution in [1.82, 2.24) is 15.2 Å². The molecule has 1 aliphatic heterocycles. The van der Waals surface area contributed by atoms with Gasteiger partial charge in [0.2, 0.25) is 0 Å². The second-order valence-electron chi connectivity index (χ2n) is 7.75. The first kappa shape index (κ1) is 25.0. The lowest BCUT2D eigenvalue weighted by atomic mass is 9.97. The van der Waals surface area contributed by atoms with E-state index in [1.165, 1.54) is 12.1 Å². The van der Waals surface area contributed by atoms with Crippen LogP contribution in [0.25, 0.3) is 0 Å². The van der Waals surface area contributed by atoms with Gasteiger partial charge in [-0.25, -0.2) is 18.6 Å². The molecule has 1 atom stereocenters. The summed E-state index contributed by atoms with van der Waals surface area (Å²) in [6.45, 7) is 0.525. The van der Waals surface area contributed by atoms with Crippen LogP contribution < -0.4 is 15.4 Å². The second-order valence-corrected chi connectivity index (χ2v) is 7.75. The van der Waals surface area contributed by atoms with Crippen LogP contribution >= 0.6 is 0 Å². The van der Waals surface area contributed by atoms with E-state index in [4.69, 9.17) is 5.11 Å². The van der Waals surface area contributed by atoms with Crippen molar-refractivity contribution in [3.63, 3.8) is 0 Å². The molecule has 0 saturated carbocycles. The number of carbonyl (C=O) groups is 2. The Morgan fingerprint density at radius 1 is 1.26 bits per heavy atom. The van der Waals surface area contributed by atoms with Gasteiger partial charge in [-0.05, 0) is 37.1 Å². The van der Waals surface area contributed by atoms with Crippen molar-refractivity contribution in [2.45, 2.75) is 38.1 Å². The third-order valence-corrected chi connectivity index (χ3v) is 5.14. The summed E-state index contributed by atoms with van der Waals surface area (Å²) in [7, 11) is 0. The molecule has 0 bridgehead atoms. The maximum absolute atomic E-state index is 14.1. The summed E-state index contributed by atoms with van der Waals surface area (Å²) < 4.78 is 69.4. The Labute approximate surface area is 190 Å². The average Bonchev–Trinajstić information content (AvgIpc) is 2.72. The molecule has 2 amide bonds. The minimum atomic E-state index is -4.88. The van der Waals surface area contributed by atoms with E-state index >= 15 is 0 Å². The smallest absolute Gasteiger partial charge is 0.465 e. The van der Waals surface area contributed by atoms with Crippen LogP contribution in [0.1, 0.15) is 28.8 Å². The molecule has 0 radical (unpaired) electrons. The van der Waals surface area contributed by atoms with Crippen molar-refractivity contribution in [2.24, 2.45) is 0 Å². The Morgan fingerprint density at radius 2 is 2.00 bits per heavy atom. The van der Waals surface area contributed by atoms with Gasteiger partial charge in [-0.15, -0.1) is 13.2 Å². The fourth-order valence-electron chi connectivity index (χ4n) is 3.56. The number of benzene rings is 1. The number of piperidine rings is 1. The van der Waals surface area contributed by atoms with E-state index in [0.29, 0.717) is 5.56 Å². The van der Waals surface area contributed by atoms with E-state index in [2.05, 4.69) is 20.4 Å². The molecule has 0 unspecified atom stereocenters. The van der Waals surface area contributed by atoms with Gasteiger partial charge in [0.05, 0.1) is 6.54 Å². The minimum Gasteiger partial charge on any atom is -0.465 e. The number of carbonyl (C=O) groups excluding carboxylic acids is 1. The fourth-order valence-corrected chi connectivity index (χ4v) is 3.56. The molecule has 184 valence electrons. The van der Waals surface area contributed by atoms with E-state index in [-0.39, 0.29) is 30.0 Å². The van der Waals surface area contributed by atoms with Crippen molar-refractivity contribution >= 4 is 23.5 Å². The van der Waals surface area contributed by atoms with Crippen molar-refractivity contribution in [3.8, 4) is 5.75 Å². The number of nitrogens with zero attached hydrogens (tertiary/aromatic N) is 2. The fraction of sp³-hybridized carbons (Fsp3) is 0.381. The summed E-state index contributed by atoms with van der Waals surface area (Å²) in [5.74, 6) is -4.35. The molecule has 1 fully saturated rings. The van der Waals surface area contributed by atoms with Crippen LogP contribution in [0.4, 0.5) is 38.3 Å². The molecule has 3 N–H and O–H groups in total. The van der Waals surface area contributed by atoms with Gasteiger partial charge in [0, 0.05) is 42.5 Å². The molecular weight excluding hydrogens is 467 g/mol. The van der Waals surface area contributed by atoms with Gasteiger partial charge in [0.25, 0.3) is 11.8 Å². The Morgan fingerprint density at radius 3 is 2.68 bits per heavy atom. The summed E-state index contributed by atoms with van der Waals surface area (Å²) in [5, 5.41) is 13.7. The lowest BCUT2D eigenvalue weighted by molar-refractivity contribution is -0.274. The number of aryl methyl sites for hydroxylation is 1. The van der Waals surface area contributed by atoms with Crippen molar-refractivity contribution in [2.75, 3.05) is 18.4 Å². The SMILES string of the molecule is Cc1ccc(Nc2cc(OC(F)(F)F)ccn2)cc1C(=O)N1CC(F)(F)CC[C@@H]1CNC(=O)O. The molecule has 3 rings (SSSR count). The lowest BCUT2D eigenvalue weighted by Crippen LogP contribution is -2.55. The highest BCUT2D eigenvalue weighted by Crippen LogP contribution is 2.32. The molecule has 0 aliphatic carbocycles. The summed E-state index contributed by atoms with van der Waals surface area (Å²) >= 11 is 0. The van der Waals surface area contributed by atoms with Crippen LogP contribution in [0.3, 0.4) is 0 Å². The number of amides is 2. The molecule has 1 aliphatic rings. The minimum absolute atomic E-state index is 0.00274. The number of halogens is 5. The van der Waals surface area contributed by atoms with Gasteiger partial charge in [-0.2, -0.15) is 0 Å². The maximum atomic E-state index is 14.1. The predicted molar refractivity (Wildman–Crippen MR) is 110 cm³/mol. The van der Waals surface area contributed by atoms with Crippen molar-refractivity contribution in [3.05, 3.63) is 47.7 Å². The summed E-state index contributed by atoms with van der Waals surface area (Å²) in [6, 6.07) is 5.71. The zero-order valence-electron chi connectivity index (χ0n) is 17.8. The van der Waals surface area contributed by atoms with E-state index in [0.717, 1.165) is 23.2 Å². The highest BCUT2D eigenvalue weighted by Gasteiger charge is 2.42. The number of pyridine rings is 1. The number of anilines is 2. The van der Waals surface area contributed by atoms with Crippen LogP contribution in [-0.2, 0) is 0 Å². The van der Waals surface area contributed by atoms with Gasteiger partial charge in [0.1, 0.15) is 11.6 Å². The van der Waals surface area contributed by atoms with E-state index in [9.17, 15) is 31.5 Å². The van der Waals surface area contributed by atoms with Gasteiger partial charge in [-0.1, -0.05) is 6.07 Å². The van der Waals surface area contributed by atoms with E-state index < -0.39 is 49.0 Å². The second kappa shape index (κ2) is 9.69. The largest absolute Gasteiger partial charge is 0.573 e. The topological polar surface area (TPSA) is 104 Å². The molecule has 1 saturated heterocycles. The molecule has 8 nitrogen and oxygen atoms in total. The van der Waals surface area contributed by atoms with Crippen LogP contribution in [0.2, 0.25) is 0 Å². The number of alkyl halides is 5. The van der Waals surface area contributed by atoms with Crippen LogP contribution in [-0.4, -0.2) is 58.4 Å². The molecule has 34 heavy (non-hydrogen) atoms. The van der Waals surface area contributed by atoms with Gasteiger partial charge >= 0.3 is 12.5 Å². The standard InChI is InChI=1S/C21H21F5N4O4/c1-12-2-3-13(29-17-9-15(5-7-27-17)34-21(24,25)26)8-16(12)18(31)30-11-20(22,23)6-4-14(30)10-28-19(32)33/h2-3,5,7-9,14,28H,4,6,10-11H2,1H3,(H,27,29)(H,32,33)/t14-/m1/s1. The Balaban J connectivity index is 1.83. The van der Waals surface area contributed by atoms with E-state index in [1.54, 1.807) is 13.0 Å². The predicted octanol–water partition coefficient (Wildman–Crippen LogP) is 4.54. The first-order valence-corrected chi connectivity index (χ1v) is 10.1. The highest BCUT2D eigenvalue weighted by molar-refractivity contribution is 5.97. The summed E-state index contributed by atoms with van der Waals surface area (Å²) in [6.07, 6.45) is -5.70. The quantitative estimate of drug-likeness (QED) is 0.516. The van der Waals surface area contributed by atoms with Crippen molar-refractivity contribution < 1.29 is 41.4 Å². The zero-order valence-corrected chi connectivity index (χ0v) is 17.8. The molecule has 1 aromatic heterocycles. The van der Waals surface area contributed by atoms with Gasteiger partial charge < -0.3 is 25.4 Å². The Bertz CT molecular complexity index is 1060. The molecule has 2 aromatic rings. The normalized spacial score (nSPS) is 17.7. The number of nitrogens with one attached hydrogen (secondary N) is 2. The van der Waals surface area contributed by atoms with Gasteiger partial charge in [-0.3, -0.25) is 4.79 Å². The summed E-state index contributed by atoms with van der Waals surface area (Å²) in [5.41, 5.74) is 0.816. The molecule has 0 spiro atoms. The Kier molecular flexibility index (Phi) is 7.12. The van der Waals surface area contributed by atoms with Gasteiger partial charge in [0.15, 0.2) is 0 Å². The summed E-state index contributed by atoms with van der Waals surface area (Å²) in [4.78, 5) is 28.9. The lowest BCUT2D eigenvalue weighted by Gasteiger charge is -2.39. The third kappa shape index (κ3) is 6.68. The Hall–Kier alpha value is -3.64. The third-order valence-electron chi connectivity index (χ3n) is 5.14. The average molecular weight is 488 g/mol. The monoisotopic (exact) mass is 488 g/mol. The number of hydrogen-bond acceptors (Lipinski definition) is 5. The number of rotatable bonds is 6. The number of aromatic nitrogens is 1. The van der Waals surface area contributed by atoms with E-state index in [1.807, 2.05) is 0 Å². The van der Waals surface area contributed by atoms with Crippen molar-refractivity contribution in [1.29, 1.82) is 0 Å². The van der Waals surface area contributed by atoms with Crippen LogP contribution in [0.5, 0.6) is 5.75 Å². The number of carboxylic acid groups (broad SMARTS) is 1. The molecule has 2 heterocycles. The van der Waals surface area contributed by atoms with Crippen LogP contribution in [0, 0.1) is 6.92 Å². The first-order valence-electron chi connectivity index (χ1n) is 10.1. The zero-order chi connectivity index (χ0) is 25.1. The maximum Gasteiger partial charge on any atom is 0.573 e. The number of likely N-dealkylation sites (tertiary alicyclic amines) is 1. The number of ether oxygens (including phenoxy) is 1. The molecular formula is C21H21F5N4O4. The number of hydrogen-bond donors (Lipinski definition) is 3. The van der Waals surface area contributed by atoms with Crippen LogP contribution in [0.15, 0.2) is 36.5 Å². The molecule has 1 aromatic carbocycles. The first-order chi connectivity index (χ1) is 15.8.